The van der Waals surface area contributed by atoms with Gasteiger partial charge in [0, 0.05) is 32.0 Å². The number of benzene rings is 1. The van der Waals surface area contributed by atoms with Crippen molar-refractivity contribution in [1.82, 2.24) is 14.5 Å². The molecule has 152 valence electrons. The number of rotatable bonds is 2. The number of alkyl halides is 2. The first-order chi connectivity index (χ1) is 13.4. The van der Waals surface area contributed by atoms with E-state index in [1.807, 2.05) is 25.1 Å². The highest BCUT2D eigenvalue weighted by atomic mass is 19.3. The number of hydrogen-bond acceptors (Lipinski definition) is 3. The van der Waals surface area contributed by atoms with E-state index in [0.717, 1.165) is 42.8 Å². The molecule has 28 heavy (non-hydrogen) atoms. The molecule has 3 aliphatic rings. The summed E-state index contributed by atoms with van der Waals surface area (Å²) in [5.74, 6) is -0.516. The average Bonchev–Trinajstić information content (AvgIpc) is 3.20. The molecule has 0 amide bonds. The molecule has 4 nitrogen and oxygen atoms in total. The zero-order valence-electron chi connectivity index (χ0n) is 16.4. The lowest BCUT2D eigenvalue weighted by Crippen LogP contribution is -2.39. The third-order valence-corrected chi connectivity index (χ3v) is 7.44. The molecule has 4 atom stereocenters. The number of imidazole rings is 1. The predicted molar refractivity (Wildman–Crippen MR) is 105 cm³/mol. The van der Waals surface area contributed by atoms with Gasteiger partial charge in [-0.2, -0.15) is 0 Å². The first-order valence-electron chi connectivity index (χ1n) is 10.6. The van der Waals surface area contributed by atoms with Crippen LogP contribution in [-0.2, 0) is 0 Å². The minimum absolute atomic E-state index is 0.0228. The van der Waals surface area contributed by atoms with Gasteiger partial charge in [-0.25, -0.2) is 13.8 Å². The van der Waals surface area contributed by atoms with Gasteiger partial charge >= 0.3 is 0 Å². The molecule has 0 bridgehead atoms. The van der Waals surface area contributed by atoms with E-state index in [0.29, 0.717) is 24.7 Å². The fourth-order valence-electron chi connectivity index (χ4n) is 5.99. The third-order valence-electron chi connectivity index (χ3n) is 7.44. The van der Waals surface area contributed by atoms with Crippen LogP contribution in [0.1, 0.15) is 50.4 Å². The van der Waals surface area contributed by atoms with Gasteiger partial charge in [-0.3, -0.25) is 4.90 Å². The first-order valence-corrected chi connectivity index (χ1v) is 10.6. The summed E-state index contributed by atoms with van der Waals surface area (Å²) in [6.07, 6.45) is 2.60. The van der Waals surface area contributed by atoms with Gasteiger partial charge in [-0.05, 0) is 56.6 Å². The molecule has 1 aromatic heterocycles. The minimum atomic E-state index is -2.47. The number of aliphatic hydroxyl groups excluding tert-OH is 1. The summed E-state index contributed by atoms with van der Waals surface area (Å²) in [6, 6.07) is 8.45. The van der Waals surface area contributed by atoms with Crippen molar-refractivity contribution in [2.45, 2.75) is 69.6 Å². The smallest absolute Gasteiger partial charge is 0.248 e. The summed E-state index contributed by atoms with van der Waals surface area (Å²) in [7, 11) is 0. The van der Waals surface area contributed by atoms with E-state index in [-0.39, 0.29) is 31.0 Å². The van der Waals surface area contributed by atoms with E-state index >= 15 is 0 Å². The molecule has 1 aromatic carbocycles. The summed E-state index contributed by atoms with van der Waals surface area (Å²) in [6.45, 7) is 3.95. The monoisotopic (exact) mass is 389 g/mol. The molecule has 1 aliphatic heterocycles. The Hall–Kier alpha value is -1.53. The Balaban J connectivity index is 1.34. The van der Waals surface area contributed by atoms with Crippen molar-refractivity contribution < 1.29 is 13.9 Å². The van der Waals surface area contributed by atoms with Gasteiger partial charge in [-0.15, -0.1) is 0 Å². The van der Waals surface area contributed by atoms with E-state index in [1.165, 1.54) is 0 Å². The predicted octanol–water partition coefficient (Wildman–Crippen LogP) is 4.17. The molecule has 2 aromatic rings. The van der Waals surface area contributed by atoms with Crippen molar-refractivity contribution in [3.05, 3.63) is 30.1 Å². The highest BCUT2D eigenvalue weighted by Crippen LogP contribution is 2.45. The molecule has 2 heterocycles. The molecule has 2 saturated carbocycles. The number of halogens is 2. The molecule has 1 saturated heterocycles. The highest BCUT2D eigenvalue weighted by molar-refractivity contribution is 5.76. The molecule has 3 fully saturated rings. The maximum atomic E-state index is 13.5. The van der Waals surface area contributed by atoms with E-state index in [9.17, 15) is 13.9 Å². The van der Waals surface area contributed by atoms with E-state index < -0.39 is 5.92 Å². The van der Waals surface area contributed by atoms with E-state index in [2.05, 4.69) is 20.5 Å². The Bertz CT molecular complexity index is 857. The lowest BCUT2D eigenvalue weighted by atomic mass is 9.77. The Kier molecular flexibility index (Phi) is 4.47. The maximum Gasteiger partial charge on any atom is 0.248 e. The number of likely N-dealkylation sites (tertiary alicyclic amines) is 1. The van der Waals surface area contributed by atoms with Crippen LogP contribution in [0.2, 0.25) is 0 Å². The van der Waals surface area contributed by atoms with Crippen molar-refractivity contribution in [2.24, 2.45) is 11.8 Å². The standard InChI is InChI=1S/C22H29F2N3O/c1-14-25-18-4-2-3-5-19(18)27(14)20-10-15-12-26(13-16(15)11-21(20)28)17-6-8-22(23,24)9-7-17/h2-5,15-17,20-21,28H,6-13H2,1H3/t15-,16+,20-,21-/m0/s1. The molecule has 0 radical (unpaired) electrons. The van der Waals surface area contributed by atoms with Crippen LogP contribution in [0, 0.1) is 18.8 Å². The summed E-state index contributed by atoms with van der Waals surface area (Å²) >= 11 is 0. The van der Waals surface area contributed by atoms with Crippen LogP contribution >= 0.6 is 0 Å². The highest BCUT2D eigenvalue weighted by Gasteiger charge is 2.46. The molecule has 2 aliphatic carbocycles. The Morgan fingerprint density at radius 1 is 1.07 bits per heavy atom. The van der Waals surface area contributed by atoms with Crippen molar-refractivity contribution in [1.29, 1.82) is 0 Å². The molecule has 6 heteroatoms. The van der Waals surface area contributed by atoms with E-state index in [4.69, 9.17) is 0 Å². The fourth-order valence-corrected chi connectivity index (χ4v) is 5.99. The van der Waals surface area contributed by atoms with Crippen LogP contribution in [0.5, 0.6) is 0 Å². The summed E-state index contributed by atoms with van der Waals surface area (Å²) in [4.78, 5) is 7.12. The molecule has 5 rings (SSSR count). The Labute approximate surface area is 164 Å². The minimum Gasteiger partial charge on any atom is -0.391 e. The van der Waals surface area contributed by atoms with Gasteiger partial charge in [0.25, 0.3) is 0 Å². The van der Waals surface area contributed by atoms with Gasteiger partial charge in [0.2, 0.25) is 5.92 Å². The normalized spacial score (nSPS) is 34.0. The number of aryl methyl sites for hydroxylation is 1. The zero-order valence-corrected chi connectivity index (χ0v) is 16.4. The van der Waals surface area contributed by atoms with Gasteiger partial charge in [-0.1, -0.05) is 12.1 Å². The van der Waals surface area contributed by atoms with Crippen molar-refractivity contribution >= 4 is 11.0 Å². The molecule has 0 unspecified atom stereocenters. The molecule has 1 N–H and O–H groups in total. The molecular weight excluding hydrogens is 360 g/mol. The summed E-state index contributed by atoms with van der Waals surface area (Å²) in [5.41, 5.74) is 2.07. The lowest BCUT2D eigenvalue weighted by molar-refractivity contribution is -0.0520. The lowest BCUT2D eigenvalue weighted by Gasteiger charge is -2.36. The van der Waals surface area contributed by atoms with Crippen LogP contribution in [0.15, 0.2) is 24.3 Å². The summed E-state index contributed by atoms with van der Waals surface area (Å²) < 4.78 is 29.3. The number of fused-ring (bicyclic) bond motifs is 2. The molecular formula is C22H29F2N3O. The maximum absolute atomic E-state index is 13.5. The molecule has 0 spiro atoms. The topological polar surface area (TPSA) is 41.3 Å². The van der Waals surface area contributed by atoms with Crippen LogP contribution < -0.4 is 0 Å². The Morgan fingerprint density at radius 3 is 2.50 bits per heavy atom. The first kappa shape index (κ1) is 18.5. The second-order valence-electron chi connectivity index (χ2n) is 9.19. The number of aliphatic hydroxyl groups is 1. The fraction of sp³-hybridized carbons (Fsp3) is 0.682. The van der Waals surface area contributed by atoms with Gasteiger partial charge in [0.15, 0.2) is 0 Å². The second-order valence-corrected chi connectivity index (χ2v) is 9.19. The van der Waals surface area contributed by atoms with E-state index in [1.54, 1.807) is 0 Å². The van der Waals surface area contributed by atoms with Crippen LogP contribution in [0.25, 0.3) is 11.0 Å². The number of aromatic nitrogens is 2. The third kappa shape index (κ3) is 3.14. The SMILES string of the molecule is Cc1nc2ccccc2n1[C@H]1C[C@H]2CN(C3CCC(F)(F)CC3)C[C@H]2C[C@@H]1O. The van der Waals surface area contributed by atoms with Crippen molar-refractivity contribution in [3.8, 4) is 0 Å². The largest absolute Gasteiger partial charge is 0.391 e. The van der Waals surface area contributed by atoms with Crippen molar-refractivity contribution in [3.63, 3.8) is 0 Å². The van der Waals surface area contributed by atoms with Crippen LogP contribution in [-0.4, -0.2) is 50.7 Å². The summed E-state index contributed by atoms with van der Waals surface area (Å²) in [5, 5.41) is 11.0. The van der Waals surface area contributed by atoms with Gasteiger partial charge < -0.3 is 9.67 Å². The van der Waals surface area contributed by atoms with Crippen LogP contribution in [0.3, 0.4) is 0 Å². The second kappa shape index (κ2) is 6.77. The van der Waals surface area contributed by atoms with Gasteiger partial charge in [0.1, 0.15) is 5.82 Å². The van der Waals surface area contributed by atoms with Crippen molar-refractivity contribution in [2.75, 3.05) is 13.1 Å². The zero-order chi connectivity index (χ0) is 19.5. The average molecular weight is 389 g/mol. The number of nitrogens with zero attached hydrogens (tertiary/aromatic N) is 3. The Morgan fingerprint density at radius 2 is 1.75 bits per heavy atom. The number of para-hydroxylation sites is 2. The van der Waals surface area contributed by atoms with Gasteiger partial charge in [0.05, 0.1) is 23.2 Å². The van der Waals surface area contributed by atoms with Crippen LogP contribution in [0.4, 0.5) is 8.78 Å². The number of hydrogen-bond donors (Lipinski definition) is 1. The quantitative estimate of drug-likeness (QED) is 0.838.